The average molecular weight is 636 g/mol. The van der Waals surface area contributed by atoms with E-state index >= 15 is 0 Å². The van der Waals surface area contributed by atoms with Crippen LogP contribution in [-0.2, 0) is 20.9 Å². The van der Waals surface area contributed by atoms with Crippen LogP contribution in [0.25, 0.3) is 6.08 Å². The molecule has 4 rings (SSSR count). The Morgan fingerprint density at radius 2 is 1.79 bits per heavy atom. The quantitative estimate of drug-likeness (QED) is 0.159. The van der Waals surface area contributed by atoms with Gasteiger partial charge in [0.2, 0.25) is 0 Å². The molecule has 1 aliphatic heterocycles. The number of halogens is 3. The molecular formula is C27H21BrCl2N2O5S. The molecule has 11 heteroatoms. The van der Waals surface area contributed by atoms with Gasteiger partial charge in [-0.3, -0.25) is 14.5 Å². The van der Waals surface area contributed by atoms with Gasteiger partial charge in [0, 0.05) is 10.0 Å². The fourth-order valence-corrected chi connectivity index (χ4v) is 5.01. The van der Waals surface area contributed by atoms with Crippen molar-refractivity contribution in [1.29, 1.82) is 0 Å². The summed E-state index contributed by atoms with van der Waals surface area (Å²) in [4.78, 5) is 28.5. The Balaban J connectivity index is 1.69. The molecule has 0 atom stereocenters. The number of esters is 1. The summed E-state index contributed by atoms with van der Waals surface area (Å²) in [5.41, 5.74) is 2.22. The molecule has 0 unspecified atom stereocenters. The molecule has 38 heavy (non-hydrogen) atoms. The maximum Gasteiger partial charge on any atom is 0.325 e. The maximum absolute atomic E-state index is 13.5. The van der Waals surface area contributed by atoms with Gasteiger partial charge in [0.05, 0.1) is 24.4 Å². The fourth-order valence-electron chi connectivity index (χ4n) is 3.75. The summed E-state index contributed by atoms with van der Waals surface area (Å²) in [6.45, 7) is 0.0296. The van der Waals surface area contributed by atoms with Crippen molar-refractivity contribution in [2.24, 2.45) is 0 Å². The predicted molar refractivity (Wildman–Crippen MR) is 155 cm³/mol. The van der Waals surface area contributed by atoms with E-state index in [4.69, 9.17) is 49.6 Å². The first kappa shape index (κ1) is 27.9. The normalized spacial score (nSPS) is 14.3. The number of anilines is 1. The molecule has 3 aromatic rings. The molecule has 196 valence electrons. The van der Waals surface area contributed by atoms with Gasteiger partial charge in [0.25, 0.3) is 5.91 Å². The second kappa shape index (κ2) is 12.2. The second-order valence-electron chi connectivity index (χ2n) is 8.04. The highest BCUT2D eigenvalue weighted by Crippen LogP contribution is 2.39. The minimum absolute atomic E-state index is 0.140. The van der Waals surface area contributed by atoms with Crippen LogP contribution in [0.4, 0.5) is 5.69 Å². The molecule has 0 radical (unpaired) electrons. The zero-order valence-electron chi connectivity index (χ0n) is 20.2. The van der Waals surface area contributed by atoms with Gasteiger partial charge in [-0.1, -0.05) is 35.3 Å². The van der Waals surface area contributed by atoms with Crippen molar-refractivity contribution in [2.45, 2.75) is 6.61 Å². The Morgan fingerprint density at radius 3 is 2.45 bits per heavy atom. The number of benzene rings is 3. The SMILES string of the molecule is COC(=O)CN1C(=S)N(c2ccc(Cl)cc2)C(=O)/C1=C/c1cc(Br)c(OCc2cccc(Cl)c2)c(OC)c1. The molecular weight excluding hydrogens is 615 g/mol. The van der Waals surface area contributed by atoms with Crippen LogP contribution in [0.2, 0.25) is 10.0 Å². The van der Waals surface area contributed by atoms with Crippen molar-refractivity contribution in [2.75, 3.05) is 25.7 Å². The lowest BCUT2D eigenvalue weighted by molar-refractivity contribution is -0.140. The van der Waals surface area contributed by atoms with E-state index in [9.17, 15) is 9.59 Å². The average Bonchev–Trinajstić information content (AvgIpc) is 3.12. The summed E-state index contributed by atoms with van der Waals surface area (Å²) in [5.74, 6) is -0.0300. The summed E-state index contributed by atoms with van der Waals surface area (Å²) in [6.07, 6.45) is 1.63. The number of hydrogen-bond donors (Lipinski definition) is 0. The van der Waals surface area contributed by atoms with Crippen LogP contribution in [0.15, 0.2) is 70.8 Å². The number of thiocarbonyl (C=S) groups is 1. The zero-order valence-corrected chi connectivity index (χ0v) is 24.2. The number of carbonyl (C=O) groups excluding carboxylic acids is 2. The zero-order chi connectivity index (χ0) is 27.4. The molecule has 0 aliphatic carbocycles. The lowest BCUT2D eigenvalue weighted by Gasteiger charge is -2.19. The number of amides is 1. The molecule has 1 fully saturated rings. The van der Waals surface area contributed by atoms with E-state index < -0.39 is 11.9 Å². The van der Waals surface area contributed by atoms with E-state index in [1.807, 2.05) is 18.2 Å². The van der Waals surface area contributed by atoms with Gasteiger partial charge >= 0.3 is 5.97 Å². The first-order chi connectivity index (χ1) is 18.2. The first-order valence-electron chi connectivity index (χ1n) is 11.2. The predicted octanol–water partition coefficient (Wildman–Crippen LogP) is 6.49. The second-order valence-corrected chi connectivity index (χ2v) is 10.1. The van der Waals surface area contributed by atoms with E-state index in [2.05, 4.69) is 15.9 Å². The lowest BCUT2D eigenvalue weighted by Crippen LogP contribution is -2.35. The minimum atomic E-state index is -0.549. The van der Waals surface area contributed by atoms with Crippen molar-refractivity contribution in [3.63, 3.8) is 0 Å². The molecule has 7 nitrogen and oxygen atoms in total. The summed E-state index contributed by atoms with van der Waals surface area (Å²) < 4.78 is 17.0. The highest BCUT2D eigenvalue weighted by atomic mass is 79.9. The Morgan fingerprint density at radius 1 is 1.05 bits per heavy atom. The molecule has 1 saturated heterocycles. The lowest BCUT2D eigenvalue weighted by atomic mass is 10.1. The van der Waals surface area contributed by atoms with Gasteiger partial charge in [-0.15, -0.1) is 0 Å². The highest BCUT2D eigenvalue weighted by molar-refractivity contribution is 9.10. The highest BCUT2D eigenvalue weighted by Gasteiger charge is 2.40. The van der Waals surface area contributed by atoms with E-state index in [1.54, 1.807) is 48.5 Å². The van der Waals surface area contributed by atoms with Gasteiger partial charge in [-0.2, -0.15) is 0 Å². The van der Waals surface area contributed by atoms with Gasteiger partial charge in [0.15, 0.2) is 16.6 Å². The third-order valence-electron chi connectivity index (χ3n) is 5.56. The number of ether oxygens (including phenoxy) is 3. The summed E-state index contributed by atoms with van der Waals surface area (Å²) in [7, 11) is 2.79. The van der Waals surface area contributed by atoms with Crippen LogP contribution in [0, 0.1) is 0 Å². The standard InChI is InChI=1S/C27H21BrCl2N2O5S/c1-35-23-13-17(11-21(28)25(23)37-15-16-4-3-5-19(30)10-16)12-22-26(34)32(20-8-6-18(29)7-9-20)27(38)31(22)14-24(33)36-2/h3-13H,14-15H2,1-2H3/b22-12-. The Bertz CT molecular complexity index is 1430. The molecule has 1 heterocycles. The molecule has 1 amide bonds. The van der Waals surface area contributed by atoms with E-state index in [-0.39, 0.29) is 24.0 Å². The monoisotopic (exact) mass is 634 g/mol. The molecule has 0 bridgehead atoms. The van der Waals surface area contributed by atoms with Gasteiger partial charge in [-0.05, 0) is 93.9 Å². The van der Waals surface area contributed by atoms with Crippen LogP contribution in [-0.4, -0.2) is 42.7 Å². The summed E-state index contributed by atoms with van der Waals surface area (Å²) in [6, 6.07) is 17.5. The molecule has 1 aliphatic rings. The minimum Gasteiger partial charge on any atom is -0.493 e. The Labute approximate surface area is 243 Å². The molecule has 0 saturated carbocycles. The maximum atomic E-state index is 13.5. The fraction of sp³-hybridized carbons (Fsp3) is 0.148. The molecule has 0 spiro atoms. The van der Waals surface area contributed by atoms with Crippen molar-refractivity contribution in [3.8, 4) is 11.5 Å². The topological polar surface area (TPSA) is 68.3 Å². The summed E-state index contributed by atoms with van der Waals surface area (Å²) in [5, 5.41) is 1.27. The molecule has 0 aromatic heterocycles. The third-order valence-corrected chi connectivity index (χ3v) is 7.04. The van der Waals surface area contributed by atoms with Crippen LogP contribution >= 0.6 is 51.3 Å². The van der Waals surface area contributed by atoms with Gasteiger partial charge in [-0.25, -0.2) is 0 Å². The van der Waals surface area contributed by atoms with Gasteiger partial charge < -0.3 is 19.1 Å². The van der Waals surface area contributed by atoms with Crippen molar-refractivity contribution in [3.05, 3.63) is 92.0 Å². The number of carbonyl (C=O) groups is 2. The molecule has 0 N–H and O–H groups in total. The number of nitrogens with zero attached hydrogens (tertiary/aromatic N) is 2. The Hall–Kier alpha value is -3.11. The first-order valence-corrected chi connectivity index (χ1v) is 13.1. The number of rotatable bonds is 8. The van der Waals surface area contributed by atoms with E-state index in [0.29, 0.717) is 37.3 Å². The largest absolute Gasteiger partial charge is 0.493 e. The van der Waals surface area contributed by atoms with Crippen LogP contribution in [0.3, 0.4) is 0 Å². The van der Waals surface area contributed by atoms with E-state index in [0.717, 1.165) is 5.56 Å². The summed E-state index contributed by atoms with van der Waals surface area (Å²) >= 11 is 21.2. The smallest absolute Gasteiger partial charge is 0.325 e. The van der Waals surface area contributed by atoms with Crippen molar-refractivity contribution in [1.82, 2.24) is 4.90 Å². The van der Waals surface area contributed by atoms with Gasteiger partial charge in [0.1, 0.15) is 18.8 Å². The third kappa shape index (κ3) is 6.13. The number of methoxy groups -OCH3 is 2. The van der Waals surface area contributed by atoms with Crippen molar-refractivity contribution < 1.29 is 23.8 Å². The van der Waals surface area contributed by atoms with Crippen molar-refractivity contribution >= 4 is 80.1 Å². The van der Waals surface area contributed by atoms with Crippen LogP contribution < -0.4 is 14.4 Å². The van der Waals surface area contributed by atoms with E-state index in [1.165, 1.54) is 24.0 Å². The van der Waals surface area contributed by atoms with Crippen LogP contribution in [0.1, 0.15) is 11.1 Å². The Kier molecular flexibility index (Phi) is 8.94. The van der Waals surface area contributed by atoms with Crippen LogP contribution in [0.5, 0.6) is 11.5 Å². The number of hydrogen-bond acceptors (Lipinski definition) is 6. The molecule has 3 aromatic carbocycles.